The molecule has 0 amide bonds. The van der Waals surface area contributed by atoms with Crippen molar-refractivity contribution in [2.45, 2.75) is 18.9 Å². The summed E-state index contributed by atoms with van der Waals surface area (Å²) in [4.78, 5) is 0. The molecule has 0 aliphatic heterocycles. The smallest absolute Gasteiger partial charge is 0.189 e. The highest BCUT2D eigenvalue weighted by Crippen LogP contribution is 2.38. The number of fused-ring (bicyclic) bond motifs is 2. The zero-order valence-corrected chi connectivity index (χ0v) is 14.5. The van der Waals surface area contributed by atoms with Crippen LogP contribution in [-0.4, -0.2) is 23.4 Å². The van der Waals surface area contributed by atoms with Gasteiger partial charge in [-0.3, -0.25) is 10.9 Å². The zero-order valence-electron chi connectivity index (χ0n) is 12.8. The van der Waals surface area contributed by atoms with Gasteiger partial charge >= 0.3 is 0 Å². The second-order valence-electron chi connectivity index (χ2n) is 5.76. The SMILES string of the molecule is COc1ccccc1NC(=S)NNC(=S)N[C@@H]1C[C@H]2C=C[C@H]1C2. The summed E-state index contributed by atoms with van der Waals surface area (Å²) in [5.74, 6) is 2.03. The number of allylic oxidation sites excluding steroid dienone is 1. The normalized spacial score (nSPS) is 24.1. The van der Waals surface area contributed by atoms with Crippen molar-refractivity contribution in [1.82, 2.24) is 16.2 Å². The lowest BCUT2D eigenvalue weighted by Crippen LogP contribution is -2.51. The van der Waals surface area contributed by atoms with Crippen LogP contribution in [0, 0.1) is 11.8 Å². The molecule has 1 aromatic carbocycles. The maximum absolute atomic E-state index is 5.32. The summed E-state index contributed by atoms with van der Waals surface area (Å²) in [6, 6.07) is 8.00. The van der Waals surface area contributed by atoms with Crippen LogP contribution in [0.2, 0.25) is 0 Å². The van der Waals surface area contributed by atoms with Crippen molar-refractivity contribution < 1.29 is 4.74 Å². The van der Waals surface area contributed by atoms with Gasteiger partial charge in [-0.25, -0.2) is 0 Å². The first-order chi connectivity index (χ1) is 11.2. The molecule has 0 unspecified atom stereocenters. The molecule has 4 N–H and O–H groups in total. The average molecular weight is 348 g/mol. The van der Waals surface area contributed by atoms with Gasteiger partial charge in [0.15, 0.2) is 10.2 Å². The van der Waals surface area contributed by atoms with Crippen LogP contribution in [0.1, 0.15) is 12.8 Å². The molecule has 1 fully saturated rings. The average Bonchev–Trinajstić information content (AvgIpc) is 3.16. The third kappa shape index (κ3) is 3.92. The monoisotopic (exact) mass is 348 g/mol. The molecule has 2 aliphatic rings. The van der Waals surface area contributed by atoms with Crippen LogP contribution in [0.25, 0.3) is 0 Å². The lowest BCUT2D eigenvalue weighted by atomic mass is 10.0. The summed E-state index contributed by atoms with van der Waals surface area (Å²) in [5.41, 5.74) is 6.62. The van der Waals surface area contributed by atoms with Crippen LogP contribution >= 0.6 is 24.4 Å². The van der Waals surface area contributed by atoms with E-state index in [1.54, 1.807) is 7.11 Å². The van der Waals surface area contributed by atoms with Crippen LogP contribution in [-0.2, 0) is 0 Å². The molecule has 7 heteroatoms. The van der Waals surface area contributed by atoms with Crippen molar-refractivity contribution in [1.29, 1.82) is 0 Å². The number of hydrazine groups is 1. The van der Waals surface area contributed by atoms with Crippen molar-refractivity contribution in [3.05, 3.63) is 36.4 Å². The maximum atomic E-state index is 5.32. The Labute approximate surface area is 146 Å². The lowest BCUT2D eigenvalue weighted by molar-refractivity contribution is 0.417. The fourth-order valence-electron chi connectivity index (χ4n) is 3.17. The molecule has 2 aliphatic carbocycles. The highest BCUT2D eigenvalue weighted by molar-refractivity contribution is 7.80. The third-order valence-electron chi connectivity index (χ3n) is 4.24. The van der Waals surface area contributed by atoms with Gasteiger partial charge in [0.2, 0.25) is 0 Å². The Balaban J connectivity index is 1.43. The minimum Gasteiger partial charge on any atom is -0.495 e. The number of anilines is 1. The fourth-order valence-corrected chi connectivity index (χ4v) is 3.53. The molecule has 5 nitrogen and oxygen atoms in total. The van der Waals surface area contributed by atoms with Gasteiger partial charge in [0.25, 0.3) is 0 Å². The Morgan fingerprint density at radius 3 is 2.57 bits per heavy atom. The Morgan fingerprint density at radius 2 is 1.87 bits per heavy atom. The molecule has 1 saturated carbocycles. The molecule has 3 rings (SSSR count). The number of hydrogen-bond acceptors (Lipinski definition) is 3. The van der Waals surface area contributed by atoms with Gasteiger partial charge in [0.05, 0.1) is 12.8 Å². The molecule has 2 bridgehead atoms. The highest BCUT2D eigenvalue weighted by Gasteiger charge is 2.35. The van der Waals surface area contributed by atoms with E-state index in [0.717, 1.165) is 17.9 Å². The molecular formula is C16H20N4OS2. The van der Waals surface area contributed by atoms with Crippen LogP contribution in [0.15, 0.2) is 36.4 Å². The number of thiocarbonyl (C=S) groups is 2. The van der Waals surface area contributed by atoms with Gasteiger partial charge in [-0.2, -0.15) is 0 Å². The Morgan fingerprint density at radius 1 is 1.09 bits per heavy atom. The summed E-state index contributed by atoms with van der Waals surface area (Å²) < 4.78 is 5.27. The van der Waals surface area contributed by atoms with E-state index in [9.17, 15) is 0 Å². The first-order valence-corrected chi connectivity index (χ1v) is 8.42. The topological polar surface area (TPSA) is 57.4 Å². The van der Waals surface area contributed by atoms with E-state index in [0.29, 0.717) is 28.1 Å². The Bertz CT molecular complexity index is 634. The van der Waals surface area contributed by atoms with Gasteiger partial charge in [0.1, 0.15) is 5.75 Å². The second kappa shape index (κ2) is 7.14. The van der Waals surface area contributed by atoms with E-state index in [2.05, 4.69) is 33.6 Å². The van der Waals surface area contributed by atoms with Crippen LogP contribution in [0.3, 0.4) is 0 Å². The quantitative estimate of drug-likeness (QED) is 0.380. The van der Waals surface area contributed by atoms with Crippen LogP contribution in [0.5, 0.6) is 5.75 Å². The predicted octanol–water partition coefficient (Wildman–Crippen LogP) is 2.33. The van der Waals surface area contributed by atoms with Crippen molar-refractivity contribution in [2.75, 3.05) is 12.4 Å². The highest BCUT2D eigenvalue weighted by atomic mass is 32.1. The first-order valence-electron chi connectivity index (χ1n) is 7.60. The molecule has 3 atom stereocenters. The van der Waals surface area contributed by atoms with Crippen molar-refractivity contribution in [3.8, 4) is 5.75 Å². The summed E-state index contributed by atoms with van der Waals surface area (Å²) in [5, 5.41) is 7.40. The largest absolute Gasteiger partial charge is 0.495 e. The van der Waals surface area contributed by atoms with Crippen molar-refractivity contribution in [2.24, 2.45) is 11.8 Å². The Kier molecular flexibility index (Phi) is 4.97. The Hall–Kier alpha value is -1.86. The summed E-state index contributed by atoms with van der Waals surface area (Å²) in [7, 11) is 1.62. The number of benzene rings is 1. The number of para-hydroxylation sites is 2. The number of hydrogen-bond donors (Lipinski definition) is 4. The third-order valence-corrected chi connectivity index (χ3v) is 4.66. The standard InChI is InChI=1S/C16H20N4OS2/c1-21-14-5-3-2-4-12(14)17-15(22)19-20-16(23)18-13-9-10-6-7-11(13)8-10/h2-7,10-11,13H,8-9H2,1H3,(H2,17,19,22)(H2,18,20,23)/t10-,11-,13+/m0/s1. The van der Waals surface area contributed by atoms with Gasteiger partial charge in [-0.15, -0.1) is 0 Å². The number of methoxy groups -OCH3 is 1. The van der Waals surface area contributed by atoms with Gasteiger partial charge in [-0.1, -0.05) is 24.3 Å². The van der Waals surface area contributed by atoms with E-state index in [4.69, 9.17) is 29.2 Å². The zero-order chi connectivity index (χ0) is 16.2. The van der Waals surface area contributed by atoms with Gasteiger partial charge < -0.3 is 15.4 Å². The van der Waals surface area contributed by atoms with Crippen LogP contribution < -0.4 is 26.2 Å². The van der Waals surface area contributed by atoms with Crippen molar-refractivity contribution in [3.63, 3.8) is 0 Å². The van der Waals surface area contributed by atoms with E-state index >= 15 is 0 Å². The second-order valence-corrected chi connectivity index (χ2v) is 6.58. The molecule has 0 aromatic heterocycles. The molecule has 0 radical (unpaired) electrons. The summed E-state index contributed by atoms with van der Waals surface area (Å²) in [6.07, 6.45) is 6.98. The van der Waals surface area contributed by atoms with E-state index in [1.165, 1.54) is 6.42 Å². The maximum Gasteiger partial charge on any atom is 0.189 e. The molecule has 1 aromatic rings. The first kappa shape index (κ1) is 16.0. The molecule has 0 heterocycles. The van der Waals surface area contributed by atoms with E-state index < -0.39 is 0 Å². The minimum absolute atomic E-state index is 0.419. The molecule has 0 spiro atoms. The number of nitrogens with one attached hydrogen (secondary N) is 4. The van der Waals surface area contributed by atoms with Gasteiger partial charge in [-0.05, 0) is 61.2 Å². The number of ether oxygens (including phenoxy) is 1. The molecule has 23 heavy (non-hydrogen) atoms. The summed E-state index contributed by atoms with van der Waals surface area (Å²) in [6.45, 7) is 0. The summed E-state index contributed by atoms with van der Waals surface area (Å²) >= 11 is 10.6. The molecule has 0 saturated heterocycles. The predicted molar refractivity (Wildman–Crippen MR) is 100 cm³/mol. The number of rotatable bonds is 3. The van der Waals surface area contributed by atoms with Crippen molar-refractivity contribution >= 4 is 40.3 Å². The van der Waals surface area contributed by atoms with Crippen LogP contribution in [0.4, 0.5) is 5.69 Å². The molecule has 122 valence electrons. The van der Waals surface area contributed by atoms with Gasteiger partial charge in [0, 0.05) is 6.04 Å². The fraction of sp³-hybridized carbons (Fsp3) is 0.375. The molecular weight excluding hydrogens is 328 g/mol. The van der Waals surface area contributed by atoms with E-state index in [1.807, 2.05) is 24.3 Å². The van der Waals surface area contributed by atoms with E-state index in [-0.39, 0.29) is 0 Å². The minimum atomic E-state index is 0.419. The lowest BCUT2D eigenvalue weighted by Gasteiger charge is -2.22.